The molecule has 3 N–H and O–H groups in total. The van der Waals surface area contributed by atoms with Gasteiger partial charge in [0.05, 0.1) is 6.10 Å². The summed E-state index contributed by atoms with van der Waals surface area (Å²) in [6.07, 6.45) is 2.02. The predicted octanol–water partition coefficient (Wildman–Crippen LogP) is 3.14. The van der Waals surface area contributed by atoms with Crippen LogP contribution < -0.4 is 5.73 Å². The first kappa shape index (κ1) is 15.5. The Labute approximate surface area is 115 Å². The molecule has 0 heterocycles. The molecule has 0 aliphatic heterocycles. The second-order valence-electron chi connectivity index (χ2n) is 4.88. The molecule has 0 bridgehead atoms. The van der Waals surface area contributed by atoms with E-state index in [1.54, 1.807) is 11.8 Å². The number of aliphatic hydroxyl groups is 1. The van der Waals surface area contributed by atoms with Crippen LogP contribution >= 0.6 is 11.8 Å². The van der Waals surface area contributed by atoms with Gasteiger partial charge < -0.3 is 10.8 Å². The quantitative estimate of drug-likeness (QED) is 0.798. The molecule has 1 aromatic rings. The molecular formula is C15H25NOS. The Bertz CT molecular complexity index is 337. The summed E-state index contributed by atoms with van der Waals surface area (Å²) in [4.78, 5) is 0. The third-order valence-electron chi connectivity index (χ3n) is 3.16. The number of hydrogen-bond acceptors (Lipinski definition) is 3. The summed E-state index contributed by atoms with van der Waals surface area (Å²) in [6.45, 7) is 6.04. The fourth-order valence-corrected chi connectivity index (χ4v) is 2.69. The first-order valence-electron chi connectivity index (χ1n) is 6.68. The molecule has 0 radical (unpaired) electrons. The van der Waals surface area contributed by atoms with Crippen LogP contribution in [0.1, 0.15) is 44.4 Å². The lowest BCUT2D eigenvalue weighted by atomic mass is 10.0. The van der Waals surface area contributed by atoms with E-state index in [-0.39, 0.29) is 17.4 Å². The second-order valence-corrected chi connectivity index (χ2v) is 6.29. The van der Waals surface area contributed by atoms with Crippen LogP contribution in [-0.4, -0.2) is 22.2 Å². The van der Waals surface area contributed by atoms with Crippen molar-refractivity contribution in [2.45, 2.75) is 51.0 Å². The second kappa shape index (κ2) is 7.82. The van der Waals surface area contributed by atoms with E-state index in [0.717, 1.165) is 12.2 Å². The van der Waals surface area contributed by atoms with Crippen molar-refractivity contribution in [1.82, 2.24) is 0 Å². The normalized spacial score (nSPS) is 16.3. The molecule has 102 valence electrons. The number of hydrogen-bond donors (Lipinski definition) is 2. The van der Waals surface area contributed by atoms with E-state index in [9.17, 15) is 5.11 Å². The molecule has 3 unspecified atom stereocenters. The van der Waals surface area contributed by atoms with Gasteiger partial charge in [-0.3, -0.25) is 0 Å². The molecule has 0 aromatic heterocycles. The maximum atomic E-state index is 9.44. The van der Waals surface area contributed by atoms with Gasteiger partial charge in [-0.25, -0.2) is 0 Å². The van der Waals surface area contributed by atoms with Crippen LogP contribution in [0.15, 0.2) is 24.3 Å². The standard InChI is InChI=1S/C15H25NOS/c1-4-5-13-6-8-14(9-7-13)15(16)10-18-12(3)11(2)17/h6-9,11-12,15,17H,4-5,10,16H2,1-3H3. The van der Waals surface area contributed by atoms with Gasteiger partial charge in [-0.05, 0) is 24.5 Å². The fraction of sp³-hybridized carbons (Fsp3) is 0.600. The van der Waals surface area contributed by atoms with Gasteiger partial charge in [-0.2, -0.15) is 11.8 Å². The van der Waals surface area contributed by atoms with Gasteiger partial charge in [0.15, 0.2) is 0 Å². The summed E-state index contributed by atoms with van der Waals surface area (Å²) >= 11 is 1.73. The molecule has 0 aliphatic rings. The zero-order valence-corrected chi connectivity index (χ0v) is 12.4. The Hall–Kier alpha value is -0.510. The largest absolute Gasteiger partial charge is 0.392 e. The van der Waals surface area contributed by atoms with E-state index in [4.69, 9.17) is 5.73 Å². The summed E-state index contributed by atoms with van der Waals surface area (Å²) in [5.74, 6) is 0.846. The smallest absolute Gasteiger partial charge is 0.0628 e. The Balaban J connectivity index is 2.48. The van der Waals surface area contributed by atoms with Crippen molar-refractivity contribution < 1.29 is 5.11 Å². The summed E-state index contributed by atoms with van der Waals surface area (Å²) in [6, 6.07) is 8.64. The SMILES string of the molecule is CCCc1ccc(C(N)CSC(C)C(C)O)cc1. The Morgan fingerprint density at radius 2 is 1.83 bits per heavy atom. The highest BCUT2D eigenvalue weighted by molar-refractivity contribution is 7.99. The molecule has 3 atom stereocenters. The molecule has 18 heavy (non-hydrogen) atoms. The first-order chi connectivity index (χ1) is 8.54. The van der Waals surface area contributed by atoms with Crippen molar-refractivity contribution in [3.05, 3.63) is 35.4 Å². The monoisotopic (exact) mass is 267 g/mol. The van der Waals surface area contributed by atoms with Gasteiger partial charge in [0.1, 0.15) is 0 Å². The van der Waals surface area contributed by atoms with Crippen LogP contribution in [0.3, 0.4) is 0 Å². The number of aryl methyl sites for hydroxylation is 1. The van der Waals surface area contributed by atoms with Crippen molar-refractivity contribution in [3.8, 4) is 0 Å². The van der Waals surface area contributed by atoms with E-state index in [0.29, 0.717) is 0 Å². The van der Waals surface area contributed by atoms with Gasteiger partial charge in [-0.1, -0.05) is 44.5 Å². The molecule has 3 heteroatoms. The Morgan fingerprint density at radius 3 is 2.33 bits per heavy atom. The van der Waals surface area contributed by atoms with E-state index < -0.39 is 0 Å². The van der Waals surface area contributed by atoms with Crippen LogP contribution in [0.2, 0.25) is 0 Å². The molecule has 0 amide bonds. The van der Waals surface area contributed by atoms with Crippen LogP contribution in [0.5, 0.6) is 0 Å². The molecule has 0 saturated carbocycles. The number of aliphatic hydroxyl groups excluding tert-OH is 1. The van der Waals surface area contributed by atoms with Crippen molar-refractivity contribution in [2.75, 3.05) is 5.75 Å². The summed E-state index contributed by atoms with van der Waals surface area (Å²) < 4.78 is 0. The number of benzene rings is 1. The maximum absolute atomic E-state index is 9.44. The lowest BCUT2D eigenvalue weighted by Gasteiger charge is -2.18. The Kier molecular flexibility index (Phi) is 6.76. The minimum Gasteiger partial charge on any atom is -0.392 e. The van der Waals surface area contributed by atoms with Gasteiger partial charge in [0, 0.05) is 17.0 Å². The lowest BCUT2D eigenvalue weighted by molar-refractivity contribution is 0.196. The minimum atomic E-state index is -0.283. The van der Waals surface area contributed by atoms with Crippen molar-refractivity contribution in [3.63, 3.8) is 0 Å². The van der Waals surface area contributed by atoms with E-state index in [2.05, 4.69) is 31.2 Å². The third-order valence-corrected chi connectivity index (χ3v) is 4.64. The molecule has 1 aromatic carbocycles. The van der Waals surface area contributed by atoms with Crippen LogP contribution in [0, 0.1) is 0 Å². The van der Waals surface area contributed by atoms with E-state index in [1.165, 1.54) is 17.5 Å². The third kappa shape index (κ3) is 5.01. The molecule has 0 aliphatic carbocycles. The number of nitrogens with two attached hydrogens (primary N) is 1. The van der Waals surface area contributed by atoms with Crippen LogP contribution in [0.4, 0.5) is 0 Å². The highest BCUT2D eigenvalue weighted by Gasteiger charge is 2.12. The topological polar surface area (TPSA) is 46.2 Å². The van der Waals surface area contributed by atoms with E-state index >= 15 is 0 Å². The van der Waals surface area contributed by atoms with Crippen LogP contribution in [0.25, 0.3) is 0 Å². The molecule has 0 saturated heterocycles. The summed E-state index contributed by atoms with van der Waals surface area (Å²) in [5, 5.41) is 9.67. The van der Waals surface area contributed by atoms with Gasteiger partial charge in [-0.15, -0.1) is 0 Å². The predicted molar refractivity (Wildman–Crippen MR) is 81.0 cm³/mol. The lowest BCUT2D eigenvalue weighted by Crippen LogP contribution is -2.20. The van der Waals surface area contributed by atoms with Gasteiger partial charge >= 0.3 is 0 Å². The van der Waals surface area contributed by atoms with Crippen molar-refractivity contribution in [1.29, 1.82) is 0 Å². The zero-order valence-electron chi connectivity index (χ0n) is 11.6. The molecule has 2 nitrogen and oxygen atoms in total. The average Bonchev–Trinajstić information content (AvgIpc) is 2.36. The summed E-state index contributed by atoms with van der Waals surface area (Å²) in [7, 11) is 0. The molecule has 1 rings (SSSR count). The molecule has 0 fully saturated rings. The van der Waals surface area contributed by atoms with Crippen molar-refractivity contribution >= 4 is 11.8 Å². The van der Waals surface area contributed by atoms with Crippen molar-refractivity contribution in [2.24, 2.45) is 5.73 Å². The summed E-state index contributed by atoms with van der Waals surface area (Å²) in [5.41, 5.74) is 8.72. The highest BCUT2D eigenvalue weighted by atomic mass is 32.2. The maximum Gasteiger partial charge on any atom is 0.0628 e. The minimum absolute atomic E-state index is 0.0480. The number of thioether (sulfide) groups is 1. The van der Waals surface area contributed by atoms with E-state index in [1.807, 2.05) is 13.8 Å². The molecule has 0 spiro atoms. The first-order valence-corrected chi connectivity index (χ1v) is 7.73. The number of rotatable bonds is 7. The fourth-order valence-electron chi connectivity index (χ4n) is 1.71. The Morgan fingerprint density at radius 1 is 1.22 bits per heavy atom. The van der Waals surface area contributed by atoms with Gasteiger partial charge in [0.25, 0.3) is 0 Å². The van der Waals surface area contributed by atoms with Crippen LogP contribution in [-0.2, 0) is 6.42 Å². The highest BCUT2D eigenvalue weighted by Crippen LogP contribution is 2.21. The van der Waals surface area contributed by atoms with Gasteiger partial charge in [0.2, 0.25) is 0 Å². The average molecular weight is 267 g/mol. The zero-order chi connectivity index (χ0) is 13.5. The molecular weight excluding hydrogens is 242 g/mol.